The van der Waals surface area contributed by atoms with E-state index in [1.807, 2.05) is 25.9 Å². The molecular formula is C11H21N3O2. The predicted octanol–water partition coefficient (Wildman–Crippen LogP) is -0.325. The van der Waals surface area contributed by atoms with Gasteiger partial charge in [0.25, 0.3) is 0 Å². The quantitative estimate of drug-likeness (QED) is 0.632. The zero-order chi connectivity index (χ0) is 12.1. The standard InChI is InChI=1S/C11H21N3O2/c1-4-6-14-10(15)8-9(11(14)16)13(3)7-5-12-2/h9,12H,4-8H2,1-3H3. The Labute approximate surface area is 96.8 Å². The lowest BCUT2D eigenvalue weighted by atomic mass is 10.2. The Bertz CT molecular complexity index is 268. The van der Waals surface area contributed by atoms with Gasteiger partial charge in [-0.05, 0) is 20.5 Å². The van der Waals surface area contributed by atoms with Gasteiger partial charge in [-0.3, -0.25) is 19.4 Å². The SMILES string of the molecule is CCCN1C(=O)CC(N(C)CCNC)C1=O. The van der Waals surface area contributed by atoms with E-state index in [0.717, 1.165) is 19.5 Å². The van der Waals surface area contributed by atoms with Crippen molar-refractivity contribution < 1.29 is 9.59 Å². The minimum atomic E-state index is -0.257. The largest absolute Gasteiger partial charge is 0.318 e. The highest BCUT2D eigenvalue weighted by atomic mass is 16.2. The molecule has 1 saturated heterocycles. The highest BCUT2D eigenvalue weighted by molar-refractivity contribution is 6.05. The molecule has 0 saturated carbocycles. The molecule has 5 nitrogen and oxygen atoms in total. The van der Waals surface area contributed by atoms with Crippen LogP contribution in [0.1, 0.15) is 19.8 Å². The number of likely N-dealkylation sites (tertiary alicyclic amines) is 1. The van der Waals surface area contributed by atoms with Gasteiger partial charge in [-0.15, -0.1) is 0 Å². The fraction of sp³-hybridized carbons (Fsp3) is 0.818. The van der Waals surface area contributed by atoms with Gasteiger partial charge in [0.1, 0.15) is 0 Å². The van der Waals surface area contributed by atoms with Gasteiger partial charge in [0.2, 0.25) is 11.8 Å². The van der Waals surface area contributed by atoms with Gasteiger partial charge in [0.05, 0.1) is 12.5 Å². The Morgan fingerprint density at radius 3 is 2.75 bits per heavy atom. The third kappa shape index (κ3) is 2.80. The molecule has 1 N–H and O–H groups in total. The Morgan fingerprint density at radius 2 is 2.19 bits per heavy atom. The maximum absolute atomic E-state index is 12.0. The van der Waals surface area contributed by atoms with Gasteiger partial charge in [0.15, 0.2) is 0 Å². The van der Waals surface area contributed by atoms with Crippen LogP contribution in [0.15, 0.2) is 0 Å². The summed E-state index contributed by atoms with van der Waals surface area (Å²) >= 11 is 0. The van der Waals surface area contributed by atoms with Crippen molar-refractivity contribution >= 4 is 11.8 Å². The van der Waals surface area contributed by atoms with Gasteiger partial charge in [-0.2, -0.15) is 0 Å². The summed E-state index contributed by atoms with van der Waals surface area (Å²) in [4.78, 5) is 26.9. The van der Waals surface area contributed by atoms with E-state index >= 15 is 0 Å². The fourth-order valence-corrected chi connectivity index (χ4v) is 1.91. The zero-order valence-corrected chi connectivity index (χ0v) is 10.3. The average molecular weight is 227 g/mol. The highest BCUT2D eigenvalue weighted by Crippen LogP contribution is 2.17. The summed E-state index contributed by atoms with van der Waals surface area (Å²) in [5.41, 5.74) is 0. The Kier molecular flexibility index (Phi) is 4.89. The Hall–Kier alpha value is -0.940. The lowest BCUT2D eigenvalue weighted by Gasteiger charge is -2.22. The van der Waals surface area contributed by atoms with Crippen LogP contribution in [0, 0.1) is 0 Å². The number of nitrogens with one attached hydrogen (secondary N) is 1. The predicted molar refractivity (Wildman–Crippen MR) is 62.0 cm³/mol. The topological polar surface area (TPSA) is 52.7 Å². The molecule has 1 atom stereocenters. The number of rotatable bonds is 6. The first-order valence-electron chi connectivity index (χ1n) is 5.80. The van der Waals surface area contributed by atoms with Crippen molar-refractivity contribution in [2.75, 3.05) is 33.7 Å². The summed E-state index contributed by atoms with van der Waals surface area (Å²) < 4.78 is 0. The highest BCUT2D eigenvalue weighted by Gasteiger charge is 2.39. The van der Waals surface area contributed by atoms with E-state index in [9.17, 15) is 9.59 Å². The van der Waals surface area contributed by atoms with Gasteiger partial charge < -0.3 is 5.32 Å². The molecule has 0 aromatic carbocycles. The normalized spacial score (nSPS) is 21.2. The molecule has 0 bridgehead atoms. The molecule has 16 heavy (non-hydrogen) atoms. The Balaban J connectivity index is 2.57. The van der Waals surface area contributed by atoms with E-state index in [1.54, 1.807) is 0 Å². The van der Waals surface area contributed by atoms with Gasteiger partial charge in [-0.1, -0.05) is 6.92 Å². The summed E-state index contributed by atoms with van der Waals surface area (Å²) in [7, 11) is 3.77. The van der Waals surface area contributed by atoms with E-state index < -0.39 is 0 Å². The minimum Gasteiger partial charge on any atom is -0.318 e. The van der Waals surface area contributed by atoms with E-state index in [4.69, 9.17) is 0 Å². The van der Waals surface area contributed by atoms with Crippen LogP contribution in [0.3, 0.4) is 0 Å². The van der Waals surface area contributed by atoms with Crippen LogP contribution >= 0.6 is 0 Å². The molecule has 1 heterocycles. The molecule has 1 unspecified atom stereocenters. The first kappa shape index (κ1) is 13.1. The molecule has 0 aromatic heterocycles. The van der Waals surface area contributed by atoms with E-state index in [-0.39, 0.29) is 17.9 Å². The number of imide groups is 1. The van der Waals surface area contributed by atoms with E-state index in [2.05, 4.69) is 5.32 Å². The average Bonchev–Trinajstić information content (AvgIpc) is 2.54. The van der Waals surface area contributed by atoms with Crippen LogP contribution in [0.5, 0.6) is 0 Å². The molecule has 0 spiro atoms. The molecule has 0 aliphatic carbocycles. The number of carbonyl (C=O) groups excluding carboxylic acids is 2. The smallest absolute Gasteiger partial charge is 0.247 e. The molecule has 5 heteroatoms. The van der Waals surface area contributed by atoms with Crippen LogP contribution in [0.4, 0.5) is 0 Å². The van der Waals surface area contributed by atoms with Crippen LogP contribution in [-0.4, -0.2) is 61.4 Å². The number of hydrogen-bond donors (Lipinski definition) is 1. The van der Waals surface area contributed by atoms with Crippen molar-refractivity contribution in [3.05, 3.63) is 0 Å². The van der Waals surface area contributed by atoms with Crippen molar-refractivity contribution in [3.8, 4) is 0 Å². The Morgan fingerprint density at radius 1 is 1.50 bits per heavy atom. The molecule has 0 radical (unpaired) electrons. The number of nitrogens with zero attached hydrogens (tertiary/aromatic N) is 2. The zero-order valence-electron chi connectivity index (χ0n) is 10.3. The number of likely N-dealkylation sites (N-methyl/N-ethyl adjacent to an activating group) is 2. The summed E-state index contributed by atoms with van der Waals surface area (Å²) in [6.07, 6.45) is 1.16. The summed E-state index contributed by atoms with van der Waals surface area (Å²) in [6, 6.07) is -0.257. The van der Waals surface area contributed by atoms with E-state index in [1.165, 1.54) is 4.90 Å². The summed E-state index contributed by atoms with van der Waals surface area (Å²) in [5, 5.41) is 3.03. The number of amides is 2. The number of hydrogen-bond acceptors (Lipinski definition) is 4. The lowest BCUT2D eigenvalue weighted by Crippen LogP contribution is -2.42. The molecule has 92 valence electrons. The molecule has 0 aromatic rings. The third-order valence-corrected chi connectivity index (χ3v) is 2.91. The van der Waals surface area contributed by atoms with E-state index in [0.29, 0.717) is 13.0 Å². The van der Waals surface area contributed by atoms with Gasteiger partial charge >= 0.3 is 0 Å². The van der Waals surface area contributed by atoms with Crippen LogP contribution < -0.4 is 5.32 Å². The van der Waals surface area contributed by atoms with Gasteiger partial charge in [0, 0.05) is 19.6 Å². The molecule has 1 aliphatic heterocycles. The van der Waals surface area contributed by atoms with Crippen LogP contribution in [0.25, 0.3) is 0 Å². The maximum atomic E-state index is 12.0. The van der Waals surface area contributed by atoms with Crippen LogP contribution in [-0.2, 0) is 9.59 Å². The molecule has 1 aliphatic rings. The van der Waals surface area contributed by atoms with Crippen molar-refractivity contribution in [2.45, 2.75) is 25.8 Å². The van der Waals surface area contributed by atoms with Crippen LogP contribution in [0.2, 0.25) is 0 Å². The summed E-state index contributed by atoms with van der Waals surface area (Å²) in [6.45, 7) is 4.12. The van der Waals surface area contributed by atoms with Crippen molar-refractivity contribution in [3.63, 3.8) is 0 Å². The van der Waals surface area contributed by atoms with Crippen molar-refractivity contribution in [1.29, 1.82) is 0 Å². The lowest BCUT2D eigenvalue weighted by molar-refractivity contribution is -0.139. The monoisotopic (exact) mass is 227 g/mol. The molecule has 1 fully saturated rings. The maximum Gasteiger partial charge on any atom is 0.247 e. The second kappa shape index (κ2) is 5.96. The third-order valence-electron chi connectivity index (χ3n) is 2.91. The van der Waals surface area contributed by atoms with Crippen molar-refractivity contribution in [1.82, 2.24) is 15.1 Å². The molecule has 1 rings (SSSR count). The van der Waals surface area contributed by atoms with Gasteiger partial charge in [-0.25, -0.2) is 0 Å². The molecule has 2 amide bonds. The first-order valence-corrected chi connectivity index (χ1v) is 5.80. The minimum absolute atomic E-state index is 0.0341. The second-order valence-electron chi connectivity index (χ2n) is 4.19. The number of carbonyl (C=O) groups is 2. The molecular weight excluding hydrogens is 206 g/mol. The van der Waals surface area contributed by atoms with Crippen molar-refractivity contribution in [2.24, 2.45) is 0 Å². The summed E-state index contributed by atoms with van der Waals surface area (Å²) in [5.74, 6) is -0.0707. The first-order chi connectivity index (χ1) is 7.61. The second-order valence-corrected chi connectivity index (χ2v) is 4.19. The fourth-order valence-electron chi connectivity index (χ4n) is 1.91.